The molecule has 3 heteroatoms. The molecule has 13 rings (SSSR count). The van der Waals surface area contributed by atoms with Crippen molar-refractivity contribution in [1.82, 2.24) is 14.5 Å². The first-order chi connectivity index (χ1) is 25.2. The first-order valence-electron chi connectivity index (χ1n) is 18.8. The fraction of sp³-hybridized carbons (Fsp3) is 0.208. The zero-order chi connectivity index (χ0) is 33.3. The van der Waals surface area contributed by atoms with Crippen molar-refractivity contribution in [2.24, 2.45) is 23.7 Å². The third-order valence-corrected chi connectivity index (χ3v) is 13.4. The molecule has 2 aromatic heterocycles. The van der Waals surface area contributed by atoms with Gasteiger partial charge in [0.15, 0.2) is 5.82 Å². The minimum atomic E-state index is 0.103. The van der Waals surface area contributed by atoms with Crippen LogP contribution < -0.4 is 0 Å². The molecule has 0 aliphatic heterocycles. The average molecular weight is 656 g/mol. The third kappa shape index (κ3) is 3.84. The second-order valence-corrected chi connectivity index (χ2v) is 15.8. The average Bonchev–Trinajstić information content (AvgIpc) is 3.66. The number of hydrogen-bond donors (Lipinski definition) is 0. The van der Waals surface area contributed by atoms with Gasteiger partial charge in [0, 0.05) is 33.4 Å². The van der Waals surface area contributed by atoms with Crippen LogP contribution >= 0.6 is 0 Å². The minimum absolute atomic E-state index is 0.103. The summed E-state index contributed by atoms with van der Waals surface area (Å²) < 4.78 is 2.44. The van der Waals surface area contributed by atoms with Gasteiger partial charge < -0.3 is 0 Å². The second-order valence-electron chi connectivity index (χ2n) is 15.8. The highest BCUT2D eigenvalue weighted by Crippen LogP contribution is 2.69. The number of para-hydroxylation sites is 1. The summed E-state index contributed by atoms with van der Waals surface area (Å²) in [5.74, 6) is 4.91. The van der Waals surface area contributed by atoms with Gasteiger partial charge in [0.1, 0.15) is 5.82 Å². The molecule has 0 N–H and O–H groups in total. The normalized spacial score (nSPS) is 24.2. The van der Waals surface area contributed by atoms with Crippen LogP contribution in [0.4, 0.5) is 0 Å². The van der Waals surface area contributed by atoms with Gasteiger partial charge in [0.2, 0.25) is 0 Å². The monoisotopic (exact) mass is 655 g/mol. The SMILES string of the molecule is c1ccc(-c2cc(-n3c4ccccc4c4cc5c(cc43)C3(c4ccccc4-5)C4CC5CC(C4)CC3C5)nc(-c3ccc4ccccc4c3)n2)cc1. The Kier molecular flexibility index (Phi) is 5.67. The summed E-state index contributed by atoms with van der Waals surface area (Å²) >= 11 is 0. The molecule has 0 radical (unpaired) electrons. The molecule has 244 valence electrons. The smallest absolute Gasteiger partial charge is 0.162 e. The Bertz CT molecular complexity index is 2690. The van der Waals surface area contributed by atoms with Gasteiger partial charge in [-0.3, -0.25) is 4.57 Å². The van der Waals surface area contributed by atoms with Crippen LogP contribution in [0.15, 0.2) is 140 Å². The zero-order valence-corrected chi connectivity index (χ0v) is 28.5. The van der Waals surface area contributed by atoms with Gasteiger partial charge in [-0.05, 0) is 113 Å². The molecule has 4 saturated carbocycles. The van der Waals surface area contributed by atoms with Crippen LogP contribution in [0.2, 0.25) is 0 Å². The van der Waals surface area contributed by atoms with Crippen molar-refractivity contribution in [2.45, 2.75) is 37.5 Å². The lowest BCUT2D eigenvalue weighted by molar-refractivity contribution is -0.0399. The van der Waals surface area contributed by atoms with Crippen molar-refractivity contribution in [2.75, 3.05) is 0 Å². The summed E-state index contributed by atoms with van der Waals surface area (Å²) in [6.45, 7) is 0. The van der Waals surface area contributed by atoms with Crippen molar-refractivity contribution < 1.29 is 0 Å². The van der Waals surface area contributed by atoms with Crippen LogP contribution in [0.3, 0.4) is 0 Å². The minimum Gasteiger partial charge on any atom is -0.294 e. The summed E-state index contributed by atoms with van der Waals surface area (Å²) in [5.41, 5.74) is 11.7. The predicted octanol–water partition coefficient (Wildman–Crippen LogP) is 11.8. The van der Waals surface area contributed by atoms with Crippen molar-refractivity contribution in [1.29, 1.82) is 0 Å². The molecular weight excluding hydrogens is 619 g/mol. The van der Waals surface area contributed by atoms with Gasteiger partial charge in [-0.1, -0.05) is 109 Å². The summed E-state index contributed by atoms with van der Waals surface area (Å²) in [4.78, 5) is 10.7. The molecule has 8 aromatic rings. The highest BCUT2D eigenvalue weighted by Gasteiger charge is 2.61. The van der Waals surface area contributed by atoms with E-state index in [9.17, 15) is 0 Å². The van der Waals surface area contributed by atoms with Crippen molar-refractivity contribution in [3.63, 3.8) is 0 Å². The van der Waals surface area contributed by atoms with Gasteiger partial charge >= 0.3 is 0 Å². The fourth-order valence-corrected chi connectivity index (χ4v) is 11.6. The van der Waals surface area contributed by atoms with Crippen LogP contribution in [0.5, 0.6) is 0 Å². The van der Waals surface area contributed by atoms with Crippen LogP contribution in [0, 0.1) is 23.7 Å². The molecule has 0 saturated heterocycles. The van der Waals surface area contributed by atoms with Crippen molar-refractivity contribution in [3.05, 3.63) is 151 Å². The number of aromatic nitrogens is 3. The van der Waals surface area contributed by atoms with Crippen molar-refractivity contribution in [3.8, 4) is 39.6 Å². The lowest BCUT2D eigenvalue weighted by Crippen LogP contribution is -2.55. The highest BCUT2D eigenvalue weighted by atomic mass is 15.1. The highest BCUT2D eigenvalue weighted by molar-refractivity contribution is 6.11. The molecular formula is C48H37N3. The molecule has 1 spiro atoms. The molecule has 0 unspecified atom stereocenters. The molecule has 4 bridgehead atoms. The standard InChI is InChI=1S/C48H37N3/c1-2-11-32(12-3-1)43-28-46(50-47(49-43)34-19-18-31-10-4-5-13-33(31)25-34)51-44-17-9-7-15-38(44)40-26-39-37-14-6-8-16-41(37)48(42(39)27-45(40)51)35-21-29-20-30(23-35)24-36(48)22-29/h1-19,25-30,35-36H,20-24H2. The molecule has 5 aliphatic rings. The molecule has 6 aromatic carbocycles. The maximum absolute atomic E-state index is 5.44. The maximum Gasteiger partial charge on any atom is 0.162 e. The molecule has 51 heavy (non-hydrogen) atoms. The largest absolute Gasteiger partial charge is 0.294 e. The quantitative estimate of drug-likeness (QED) is 0.190. The fourth-order valence-electron chi connectivity index (χ4n) is 11.6. The summed E-state index contributed by atoms with van der Waals surface area (Å²) in [6.07, 6.45) is 6.97. The number of hydrogen-bond acceptors (Lipinski definition) is 2. The van der Waals surface area contributed by atoms with Crippen LogP contribution in [-0.2, 0) is 5.41 Å². The van der Waals surface area contributed by atoms with Crippen LogP contribution in [0.25, 0.3) is 72.2 Å². The number of rotatable bonds is 3. The number of fused-ring (bicyclic) bond motifs is 7. The Morgan fingerprint density at radius 1 is 0.490 bits per heavy atom. The van der Waals surface area contributed by atoms with E-state index in [0.29, 0.717) is 0 Å². The topological polar surface area (TPSA) is 30.7 Å². The van der Waals surface area contributed by atoms with E-state index >= 15 is 0 Å². The van der Waals surface area contributed by atoms with Gasteiger partial charge in [-0.2, -0.15) is 0 Å². The molecule has 3 nitrogen and oxygen atoms in total. The Hall–Kier alpha value is -5.54. The van der Waals surface area contributed by atoms with E-state index in [1.54, 1.807) is 11.1 Å². The van der Waals surface area contributed by atoms with E-state index in [-0.39, 0.29) is 5.41 Å². The summed E-state index contributed by atoms with van der Waals surface area (Å²) in [6, 6.07) is 51.4. The Morgan fingerprint density at radius 2 is 1.22 bits per heavy atom. The van der Waals surface area contributed by atoms with Crippen LogP contribution in [-0.4, -0.2) is 14.5 Å². The van der Waals surface area contributed by atoms with Gasteiger partial charge in [-0.25, -0.2) is 9.97 Å². The molecule has 5 aliphatic carbocycles. The zero-order valence-electron chi connectivity index (χ0n) is 28.5. The number of benzene rings is 6. The van der Waals surface area contributed by atoms with E-state index in [4.69, 9.17) is 9.97 Å². The van der Waals surface area contributed by atoms with Gasteiger partial charge in [-0.15, -0.1) is 0 Å². The first-order valence-corrected chi connectivity index (χ1v) is 18.8. The summed E-state index contributed by atoms with van der Waals surface area (Å²) in [7, 11) is 0. The van der Waals surface area contributed by atoms with Crippen molar-refractivity contribution >= 4 is 32.6 Å². The molecule has 0 atom stereocenters. The van der Waals surface area contributed by atoms with E-state index in [1.165, 1.54) is 75.8 Å². The Balaban J connectivity index is 1.15. The molecule has 2 heterocycles. The Labute approximate surface area is 297 Å². The van der Waals surface area contributed by atoms with Crippen LogP contribution in [0.1, 0.15) is 43.2 Å². The lowest BCUT2D eigenvalue weighted by atomic mass is 9.43. The van der Waals surface area contributed by atoms with E-state index in [0.717, 1.165) is 52.1 Å². The lowest BCUT2D eigenvalue weighted by Gasteiger charge is -2.61. The van der Waals surface area contributed by atoms with Gasteiger partial charge in [0.05, 0.1) is 16.7 Å². The van der Waals surface area contributed by atoms with E-state index < -0.39 is 0 Å². The van der Waals surface area contributed by atoms with E-state index in [1.807, 2.05) is 0 Å². The molecule has 4 fully saturated rings. The maximum atomic E-state index is 5.44. The Morgan fingerprint density at radius 3 is 2.06 bits per heavy atom. The van der Waals surface area contributed by atoms with Gasteiger partial charge in [0.25, 0.3) is 0 Å². The van der Waals surface area contributed by atoms with E-state index in [2.05, 4.69) is 144 Å². The third-order valence-electron chi connectivity index (χ3n) is 13.4. The number of nitrogens with zero attached hydrogens (tertiary/aromatic N) is 3. The second kappa shape index (κ2) is 10.3. The first kappa shape index (κ1) is 28.2. The summed E-state index contributed by atoms with van der Waals surface area (Å²) in [5, 5.41) is 4.98. The molecule has 0 amide bonds. The predicted molar refractivity (Wildman–Crippen MR) is 208 cm³/mol.